The molecule has 0 saturated carbocycles. The van der Waals surface area contributed by atoms with Crippen LogP contribution in [0.1, 0.15) is 50.2 Å². The minimum absolute atomic E-state index is 0.0572. The molecule has 228 valence electrons. The van der Waals surface area contributed by atoms with Crippen LogP contribution < -0.4 is 9.80 Å². The summed E-state index contributed by atoms with van der Waals surface area (Å²) >= 11 is 6.48. The number of halogens is 1. The Morgan fingerprint density at radius 3 is 2.38 bits per heavy atom. The Balaban J connectivity index is 1.12. The van der Waals surface area contributed by atoms with E-state index in [-0.39, 0.29) is 17.7 Å². The van der Waals surface area contributed by atoms with E-state index in [1.165, 1.54) is 24.1 Å². The second-order valence-electron chi connectivity index (χ2n) is 12.3. The van der Waals surface area contributed by atoms with Crippen LogP contribution in [0.25, 0.3) is 0 Å². The predicted octanol–water partition coefficient (Wildman–Crippen LogP) is 5.42. The van der Waals surface area contributed by atoms with Gasteiger partial charge in [-0.3, -0.25) is 9.59 Å². The molecule has 3 saturated heterocycles. The van der Waals surface area contributed by atoms with Crippen LogP contribution in [0.15, 0.2) is 42.5 Å². The van der Waals surface area contributed by atoms with Crippen molar-refractivity contribution < 1.29 is 14.3 Å². The van der Waals surface area contributed by atoms with E-state index < -0.39 is 0 Å². The van der Waals surface area contributed by atoms with Crippen LogP contribution >= 0.6 is 11.6 Å². The van der Waals surface area contributed by atoms with Gasteiger partial charge in [0.05, 0.1) is 13.2 Å². The van der Waals surface area contributed by atoms with Gasteiger partial charge in [0.15, 0.2) is 0 Å². The number of nitrogens with zero attached hydrogens (tertiary/aromatic N) is 4. The van der Waals surface area contributed by atoms with Crippen molar-refractivity contribution in [3.63, 3.8) is 0 Å². The second-order valence-corrected chi connectivity index (χ2v) is 12.7. The molecule has 0 N–H and O–H groups in total. The van der Waals surface area contributed by atoms with E-state index in [0.29, 0.717) is 24.7 Å². The maximum Gasteiger partial charge on any atom is 0.230 e. The molecular weight excluding hydrogens is 548 g/mol. The lowest BCUT2D eigenvalue weighted by Crippen LogP contribution is -2.45. The van der Waals surface area contributed by atoms with E-state index in [0.717, 1.165) is 88.8 Å². The summed E-state index contributed by atoms with van der Waals surface area (Å²) in [4.78, 5) is 34.3. The van der Waals surface area contributed by atoms with E-state index in [4.69, 9.17) is 16.3 Å². The average Bonchev–Trinajstić information content (AvgIpc) is 3.02. The fraction of sp³-hybridized carbons (Fsp3) is 0.588. The quantitative estimate of drug-likeness (QED) is 0.388. The highest BCUT2D eigenvalue weighted by atomic mass is 35.5. The van der Waals surface area contributed by atoms with E-state index in [2.05, 4.69) is 34.1 Å². The van der Waals surface area contributed by atoms with Crippen molar-refractivity contribution in [2.24, 2.45) is 11.8 Å². The van der Waals surface area contributed by atoms with Crippen LogP contribution in [0.2, 0.25) is 5.02 Å². The lowest BCUT2D eigenvalue weighted by Gasteiger charge is -2.35. The molecule has 3 aliphatic heterocycles. The SMILES string of the molecule is CC(=O)N1CCC(C(=O)N(CCCN2CCC(Cc3cccc(N4CCOCC4)c3)CC2)c2ccc(C)c(Cl)c2)CC1. The fourth-order valence-corrected chi connectivity index (χ4v) is 6.85. The van der Waals surface area contributed by atoms with Crippen LogP contribution in [0.3, 0.4) is 0 Å². The fourth-order valence-electron chi connectivity index (χ4n) is 6.68. The van der Waals surface area contributed by atoms with Gasteiger partial charge < -0.3 is 24.3 Å². The van der Waals surface area contributed by atoms with Crippen LogP contribution in [-0.4, -0.2) is 87.2 Å². The van der Waals surface area contributed by atoms with Gasteiger partial charge in [0.1, 0.15) is 0 Å². The van der Waals surface area contributed by atoms with E-state index in [1.54, 1.807) is 6.92 Å². The summed E-state index contributed by atoms with van der Waals surface area (Å²) < 4.78 is 5.52. The van der Waals surface area contributed by atoms with Crippen molar-refractivity contribution >= 4 is 34.8 Å². The Morgan fingerprint density at radius 2 is 1.69 bits per heavy atom. The maximum atomic E-state index is 13.8. The van der Waals surface area contributed by atoms with Crippen molar-refractivity contribution in [1.29, 1.82) is 0 Å². The Kier molecular flexibility index (Phi) is 10.8. The number of carbonyl (C=O) groups is 2. The van der Waals surface area contributed by atoms with Gasteiger partial charge in [-0.1, -0.05) is 29.8 Å². The van der Waals surface area contributed by atoms with Crippen molar-refractivity contribution in [3.8, 4) is 0 Å². The summed E-state index contributed by atoms with van der Waals surface area (Å²) in [5.74, 6) is 0.914. The first-order valence-electron chi connectivity index (χ1n) is 15.8. The topological polar surface area (TPSA) is 56.3 Å². The number of hydrogen-bond donors (Lipinski definition) is 0. The number of benzene rings is 2. The van der Waals surface area contributed by atoms with Crippen LogP contribution in [0.5, 0.6) is 0 Å². The lowest BCUT2D eigenvalue weighted by molar-refractivity contribution is -0.133. The zero-order chi connectivity index (χ0) is 29.5. The molecule has 2 amide bonds. The summed E-state index contributed by atoms with van der Waals surface area (Å²) in [5, 5.41) is 0.689. The number of aryl methyl sites for hydroxylation is 1. The summed E-state index contributed by atoms with van der Waals surface area (Å²) in [6, 6.07) is 15.0. The Morgan fingerprint density at radius 1 is 0.952 bits per heavy atom. The number of anilines is 2. The van der Waals surface area contributed by atoms with Gasteiger partial charge in [0.2, 0.25) is 11.8 Å². The molecule has 8 heteroatoms. The summed E-state index contributed by atoms with van der Waals surface area (Å²) in [6.45, 7) is 12.4. The molecule has 2 aromatic rings. The van der Waals surface area contributed by atoms with E-state index >= 15 is 0 Å². The number of likely N-dealkylation sites (tertiary alicyclic amines) is 2. The predicted molar refractivity (Wildman–Crippen MR) is 170 cm³/mol. The van der Waals surface area contributed by atoms with Crippen molar-refractivity contribution in [3.05, 3.63) is 58.6 Å². The van der Waals surface area contributed by atoms with Crippen LogP contribution in [0, 0.1) is 18.8 Å². The van der Waals surface area contributed by atoms with E-state index in [1.807, 2.05) is 34.9 Å². The van der Waals surface area contributed by atoms with Gasteiger partial charge in [-0.25, -0.2) is 0 Å². The number of hydrogen-bond acceptors (Lipinski definition) is 5. The zero-order valence-electron chi connectivity index (χ0n) is 25.4. The molecule has 7 nitrogen and oxygen atoms in total. The first-order valence-corrected chi connectivity index (χ1v) is 16.2. The van der Waals surface area contributed by atoms with Gasteiger partial charge in [0.25, 0.3) is 0 Å². The molecular formula is C34H47ClN4O3. The van der Waals surface area contributed by atoms with Gasteiger partial charge in [-0.05, 0) is 106 Å². The highest BCUT2D eigenvalue weighted by Crippen LogP contribution is 2.29. The average molecular weight is 595 g/mol. The van der Waals surface area contributed by atoms with Crippen LogP contribution in [-0.2, 0) is 20.7 Å². The molecule has 2 aromatic carbocycles. The van der Waals surface area contributed by atoms with Gasteiger partial charge in [-0.15, -0.1) is 0 Å². The smallest absolute Gasteiger partial charge is 0.230 e. The minimum Gasteiger partial charge on any atom is -0.378 e. The first-order chi connectivity index (χ1) is 20.4. The molecule has 3 fully saturated rings. The molecule has 3 heterocycles. The number of morpholine rings is 1. The maximum absolute atomic E-state index is 13.8. The summed E-state index contributed by atoms with van der Waals surface area (Å²) in [6.07, 6.45) is 5.94. The molecule has 0 aliphatic carbocycles. The second kappa shape index (κ2) is 14.7. The minimum atomic E-state index is -0.0572. The Labute approximate surface area is 256 Å². The van der Waals surface area contributed by atoms with Gasteiger partial charge in [-0.2, -0.15) is 0 Å². The summed E-state index contributed by atoms with van der Waals surface area (Å²) in [5.41, 5.74) is 4.66. The Bertz CT molecular complexity index is 1200. The lowest BCUT2D eigenvalue weighted by atomic mass is 9.90. The van der Waals surface area contributed by atoms with Crippen molar-refractivity contribution in [2.75, 3.05) is 75.4 Å². The number of rotatable bonds is 9. The largest absolute Gasteiger partial charge is 0.378 e. The molecule has 0 unspecified atom stereocenters. The van der Waals surface area contributed by atoms with Crippen molar-refractivity contribution in [2.45, 2.75) is 52.4 Å². The Hall–Kier alpha value is -2.61. The third-order valence-electron chi connectivity index (χ3n) is 9.40. The van der Waals surface area contributed by atoms with Crippen molar-refractivity contribution in [1.82, 2.24) is 9.80 Å². The highest BCUT2D eigenvalue weighted by molar-refractivity contribution is 6.31. The summed E-state index contributed by atoms with van der Waals surface area (Å²) in [7, 11) is 0. The molecule has 42 heavy (non-hydrogen) atoms. The monoisotopic (exact) mass is 594 g/mol. The number of amides is 2. The molecule has 5 rings (SSSR count). The highest BCUT2D eigenvalue weighted by Gasteiger charge is 2.30. The molecule has 0 atom stereocenters. The molecule has 0 bridgehead atoms. The third kappa shape index (κ3) is 8.06. The molecule has 0 radical (unpaired) electrons. The number of carbonyl (C=O) groups excluding carboxylic acids is 2. The first kappa shape index (κ1) is 30.8. The van der Waals surface area contributed by atoms with Gasteiger partial charge in [0, 0.05) is 62.0 Å². The molecule has 0 spiro atoms. The zero-order valence-corrected chi connectivity index (χ0v) is 26.2. The third-order valence-corrected chi connectivity index (χ3v) is 9.80. The molecule has 0 aromatic heterocycles. The normalized spacial score (nSPS) is 19.2. The van der Waals surface area contributed by atoms with Gasteiger partial charge >= 0.3 is 0 Å². The van der Waals surface area contributed by atoms with Crippen LogP contribution in [0.4, 0.5) is 11.4 Å². The standard InChI is InChI=1S/C34H47ClN4O3/c1-26-7-8-32(25-33(26)35)39(34(41)30-11-17-37(18-12-30)27(2)40)14-4-13-36-15-9-28(10-16-36)23-29-5-3-6-31(24-29)38-19-21-42-22-20-38/h3,5-8,24-25,28,30H,4,9-23H2,1-2H3. The van der Waals surface area contributed by atoms with E-state index in [9.17, 15) is 9.59 Å². The number of piperidine rings is 2. The molecule has 3 aliphatic rings. The number of ether oxygens (including phenoxy) is 1.